The van der Waals surface area contributed by atoms with Crippen LogP contribution in [-0.4, -0.2) is 39.9 Å². The maximum absolute atomic E-state index is 11.9. The quantitative estimate of drug-likeness (QED) is 0.345. The largest absolute Gasteiger partial charge is 0.409 e. The fraction of sp³-hybridized carbons (Fsp3) is 0.444. The molecule has 0 saturated heterocycles. The zero-order valence-electron chi connectivity index (χ0n) is 8.96. The lowest BCUT2D eigenvalue weighted by Gasteiger charge is -2.19. The van der Waals surface area contributed by atoms with Crippen LogP contribution in [0.2, 0.25) is 0 Å². The highest BCUT2D eigenvalue weighted by Crippen LogP contribution is 2.09. The number of carbonyl (C=O) groups excluding carboxylic acids is 1. The smallest absolute Gasteiger partial charge is 0.265 e. The minimum Gasteiger partial charge on any atom is -0.409 e. The van der Waals surface area contributed by atoms with Gasteiger partial charge in [0.1, 0.15) is 10.7 Å². The van der Waals surface area contributed by atoms with Gasteiger partial charge >= 0.3 is 0 Å². The van der Waals surface area contributed by atoms with Crippen LogP contribution in [-0.2, 0) is 0 Å². The first-order chi connectivity index (χ1) is 7.69. The normalized spacial score (nSPS) is 11.4. The number of nitrogens with zero attached hydrogens (tertiary/aromatic N) is 3. The number of aromatic nitrogens is 1. The summed E-state index contributed by atoms with van der Waals surface area (Å²) in [4.78, 5) is 18.0. The Labute approximate surface area is 97.4 Å². The first-order valence-electron chi connectivity index (χ1n) is 4.83. The molecule has 16 heavy (non-hydrogen) atoms. The molecule has 0 unspecified atom stereocenters. The van der Waals surface area contributed by atoms with Crippen LogP contribution in [0.3, 0.4) is 0 Å². The number of carbonyl (C=O) groups is 1. The molecule has 0 atom stereocenters. The van der Waals surface area contributed by atoms with Gasteiger partial charge in [0.25, 0.3) is 5.91 Å². The van der Waals surface area contributed by atoms with E-state index in [2.05, 4.69) is 10.1 Å². The first kappa shape index (κ1) is 12.4. The highest BCUT2D eigenvalue weighted by molar-refractivity contribution is 7.11. The number of hydrogen-bond acceptors (Lipinski definition) is 5. The maximum atomic E-state index is 11.9. The molecular weight excluding hydrogens is 228 g/mol. The van der Waals surface area contributed by atoms with E-state index in [0.29, 0.717) is 24.4 Å². The summed E-state index contributed by atoms with van der Waals surface area (Å²) in [5, 5.41) is 11.3. The third-order valence-electron chi connectivity index (χ3n) is 2.08. The van der Waals surface area contributed by atoms with E-state index >= 15 is 0 Å². The van der Waals surface area contributed by atoms with Crippen molar-refractivity contribution in [2.24, 2.45) is 10.9 Å². The average molecular weight is 242 g/mol. The average Bonchev–Trinajstić information content (AvgIpc) is 2.82. The standard InChI is InChI=1S/C9H14N4O2S/c1-2-13(4-3-8(10)12-15)9(14)7-5-11-6-16-7/h5-6,15H,2-4H2,1H3,(H2,10,12). The number of thiazole rings is 1. The van der Waals surface area contributed by atoms with Crippen LogP contribution >= 0.6 is 11.3 Å². The van der Waals surface area contributed by atoms with Crippen molar-refractivity contribution in [3.8, 4) is 0 Å². The van der Waals surface area contributed by atoms with E-state index in [1.165, 1.54) is 11.3 Å². The lowest BCUT2D eigenvalue weighted by molar-refractivity contribution is 0.0773. The Bertz CT molecular complexity index is 364. The Morgan fingerprint density at radius 1 is 1.75 bits per heavy atom. The summed E-state index contributed by atoms with van der Waals surface area (Å²) in [6, 6.07) is 0. The van der Waals surface area contributed by atoms with Crippen LogP contribution in [0.1, 0.15) is 23.0 Å². The molecule has 0 spiro atoms. The summed E-state index contributed by atoms with van der Waals surface area (Å²) in [6.07, 6.45) is 1.90. The van der Waals surface area contributed by atoms with Crippen LogP contribution in [0.15, 0.2) is 16.9 Å². The topological polar surface area (TPSA) is 91.8 Å². The number of nitrogens with two attached hydrogens (primary N) is 1. The van der Waals surface area contributed by atoms with Gasteiger partial charge in [-0.05, 0) is 6.92 Å². The molecule has 1 rings (SSSR count). The van der Waals surface area contributed by atoms with E-state index in [1.807, 2.05) is 6.92 Å². The molecule has 0 radical (unpaired) electrons. The van der Waals surface area contributed by atoms with Crippen molar-refractivity contribution in [3.05, 3.63) is 16.6 Å². The molecule has 0 saturated carbocycles. The molecule has 0 aliphatic rings. The zero-order valence-corrected chi connectivity index (χ0v) is 9.78. The third-order valence-corrected chi connectivity index (χ3v) is 2.84. The number of hydrogen-bond donors (Lipinski definition) is 2. The minimum atomic E-state index is -0.0734. The molecular formula is C9H14N4O2S. The Kier molecular flexibility index (Phi) is 4.71. The third kappa shape index (κ3) is 3.20. The Morgan fingerprint density at radius 2 is 2.50 bits per heavy atom. The van der Waals surface area contributed by atoms with E-state index in [-0.39, 0.29) is 11.7 Å². The van der Waals surface area contributed by atoms with Gasteiger partial charge in [-0.2, -0.15) is 0 Å². The summed E-state index contributed by atoms with van der Waals surface area (Å²) >= 11 is 1.30. The highest BCUT2D eigenvalue weighted by atomic mass is 32.1. The molecule has 1 aromatic heterocycles. The molecule has 0 aromatic carbocycles. The monoisotopic (exact) mass is 242 g/mol. The predicted molar refractivity (Wildman–Crippen MR) is 61.7 cm³/mol. The second-order valence-corrected chi connectivity index (χ2v) is 3.98. The van der Waals surface area contributed by atoms with Crippen molar-refractivity contribution in [1.29, 1.82) is 0 Å². The van der Waals surface area contributed by atoms with Gasteiger partial charge < -0.3 is 15.8 Å². The van der Waals surface area contributed by atoms with Crippen molar-refractivity contribution in [2.75, 3.05) is 13.1 Å². The van der Waals surface area contributed by atoms with Crippen LogP contribution < -0.4 is 5.73 Å². The Balaban J connectivity index is 2.58. The molecule has 1 amide bonds. The highest BCUT2D eigenvalue weighted by Gasteiger charge is 2.15. The van der Waals surface area contributed by atoms with Gasteiger partial charge in [0.15, 0.2) is 0 Å². The van der Waals surface area contributed by atoms with Gasteiger partial charge in [-0.1, -0.05) is 5.16 Å². The van der Waals surface area contributed by atoms with Gasteiger partial charge in [-0.15, -0.1) is 11.3 Å². The number of amidine groups is 1. The van der Waals surface area contributed by atoms with E-state index in [9.17, 15) is 4.79 Å². The van der Waals surface area contributed by atoms with Crippen molar-refractivity contribution in [1.82, 2.24) is 9.88 Å². The molecule has 7 heteroatoms. The van der Waals surface area contributed by atoms with E-state index in [1.54, 1.807) is 16.6 Å². The molecule has 1 aromatic rings. The predicted octanol–water partition coefficient (Wildman–Crippen LogP) is 0.742. The van der Waals surface area contributed by atoms with Crippen LogP contribution in [0.5, 0.6) is 0 Å². The number of oxime groups is 1. The first-order valence-corrected chi connectivity index (χ1v) is 5.71. The number of amides is 1. The van der Waals surface area contributed by atoms with E-state index < -0.39 is 0 Å². The fourth-order valence-corrected chi connectivity index (χ4v) is 1.77. The van der Waals surface area contributed by atoms with Crippen molar-refractivity contribution in [3.63, 3.8) is 0 Å². The zero-order chi connectivity index (χ0) is 12.0. The molecule has 1 heterocycles. The molecule has 6 nitrogen and oxygen atoms in total. The van der Waals surface area contributed by atoms with Crippen molar-refractivity contribution < 1.29 is 10.0 Å². The Hall–Kier alpha value is -1.63. The molecule has 0 bridgehead atoms. The van der Waals surface area contributed by atoms with Crippen LogP contribution in [0, 0.1) is 0 Å². The molecule has 0 aliphatic carbocycles. The summed E-state index contributed by atoms with van der Waals surface area (Å²) < 4.78 is 0. The second-order valence-electron chi connectivity index (χ2n) is 3.09. The van der Waals surface area contributed by atoms with Gasteiger partial charge in [0, 0.05) is 19.5 Å². The summed E-state index contributed by atoms with van der Waals surface area (Å²) in [5.41, 5.74) is 6.96. The summed E-state index contributed by atoms with van der Waals surface area (Å²) in [5.74, 6) is 0.0475. The van der Waals surface area contributed by atoms with Crippen LogP contribution in [0.25, 0.3) is 0 Å². The fourth-order valence-electron chi connectivity index (χ4n) is 1.18. The lowest BCUT2D eigenvalue weighted by Crippen LogP contribution is -2.33. The molecule has 0 aliphatic heterocycles. The lowest BCUT2D eigenvalue weighted by atomic mass is 10.3. The second kappa shape index (κ2) is 6.06. The number of rotatable bonds is 5. The molecule has 0 fully saturated rings. The van der Waals surface area contributed by atoms with Crippen molar-refractivity contribution >= 4 is 23.1 Å². The summed E-state index contributed by atoms with van der Waals surface area (Å²) in [6.45, 7) is 2.89. The van der Waals surface area contributed by atoms with Gasteiger partial charge in [-0.3, -0.25) is 9.78 Å². The van der Waals surface area contributed by atoms with E-state index in [0.717, 1.165) is 0 Å². The maximum Gasteiger partial charge on any atom is 0.265 e. The van der Waals surface area contributed by atoms with Crippen LogP contribution in [0.4, 0.5) is 0 Å². The van der Waals surface area contributed by atoms with Gasteiger partial charge in [0.2, 0.25) is 0 Å². The van der Waals surface area contributed by atoms with E-state index in [4.69, 9.17) is 10.9 Å². The molecule has 88 valence electrons. The minimum absolute atomic E-state index is 0.0734. The SMILES string of the molecule is CCN(CCC(N)=NO)C(=O)c1cncs1. The van der Waals surface area contributed by atoms with Gasteiger partial charge in [0.05, 0.1) is 11.7 Å². The Morgan fingerprint density at radius 3 is 3.00 bits per heavy atom. The van der Waals surface area contributed by atoms with Gasteiger partial charge in [-0.25, -0.2) is 0 Å². The molecule has 3 N–H and O–H groups in total. The summed E-state index contributed by atoms with van der Waals surface area (Å²) in [7, 11) is 0. The van der Waals surface area contributed by atoms with Crippen molar-refractivity contribution in [2.45, 2.75) is 13.3 Å².